The fourth-order valence-electron chi connectivity index (χ4n) is 4.21. The van der Waals surface area contributed by atoms with Crippen LogP contribution in [0.4, 0.5) is 4.79 Å². The molecule has 2 atom stereocenters. The highest BCUT2D eigenvalue weighted by atomic mass is 16.6. The van der Waals surface area contributed by atoms with Gasteiger partial charge in [0.1, 0.15) is 17.7 Å². The first kappa shape index (κ1) is 33.9. The SMILES string of the molecule is CCCCCCN(C(=O)C(CCC(N)=O)NC(=O)OC(C)(C)C)C(C(=O)NC(C)(C)C)c1cc(C)ccc1C. The number of amides is 4. The Bertz CT molecular complexity index is 994. The zero-order chi connectivity index (χ0) is 30.0. The average molecular weight is 547 g/mol. The molecule has 0 heterocycles. The second-order valence-electron chi connectivity index (χ2n) is 12.3. The first-order valence-corrected chi connectivity index (χ1v) is 13.9. The van der Waals surface area contributed by atoms with Crippen molar-refractivity contribution in [2.75, 3.05) is 6.54 Å². The third-order valence-electron chi connectivity index (χ3n) is 5.99. The van der Waals surface area contributed by atoms with Crippen LogP contribution < -0.4 is 16.4 Å². The van der Waals surface area contributed by atoms with Crippen LogP contribution in [-0.4, -0.2) is 52.4 Å². The number of nitrogens with zero attached hydrogens (tertiary/aromatic N) is 1. The van der Waals surface area contributed by atoms with E-state index < -0.39 is 41.1 Å². The number of nitrogens with two attached hydrogens (primary N) is 1. The molecule has 39 heavy (non-hydrogen) atoms. The summed E-state index contributed by atoms with van der Waals surface area (Å²) in [5.74, 6) is -1.37. The minimum absolute atomic E-state index is 0.0146. The number of hydrogen-bond donors (Lipinski definition) is 3. The molecule has 1 rings (SSSR count). The monoisotopic (exact) mass is 546 g/mol. The van der Waals surface area contributed by atoms with Crippen LogP contribution in [0.1, 0.15) is 110 Å². The lowest BCUT2D eigenvalue weighted by Crippen LogP contribution is -2.55. The van der Waals surface area contributed by atoms with Crippen LogP contribution in [0.5, 0.6) is 0 Å². The minimum atomic E-state index is -1.10. The van der Waals surface area contributed by atoms with Crippen LogP contribution in [0.25, 0.3) is 0 Å². The van der Waals surface area contributed by atoms with Gasteiger partial charge in [0.15, 0.2) is 0 Å². The summed E-state index contributed by atoms with van der Waals surface area (Å²) in [7, 11) is 0. The number of rotatable bonds is 13. The third kappa shape index (κ3) is 12.5. The molecule has 0 fully saturated rings. The van der Waals surface area contributed by atoms with Gasteiger partial charge in [-0.2, -0.15) is 0 Å². The van der Waals surface area contributed by atoms with E-state index in [1.165, 1.54) is 0 Å². The Morgan fingerprint density at radius 3 is 2.18 bits per heavy atom. The van der Waals surface area contributed by atoms with Crippen molar-refractivity contribution in [2.45, 2.75) is 124 Å². The second kappa shape index (κ2) is 14.9. The Morgan fingerprint density at radius 2 is 1.64 bits per heavy atom. The number of nitrogens with one attached hydrogen (secondary N) is 2. The number of unbranched alkanes of at least 4 members (excludes halogenated alkanes) is 3. The Morgan fingerprint density at radius 1 is 1.00 bits per heavy atom. The van der Waals surface area contributed by atoms with E-state index in [2.05, 4.69) is 17.6 Å². The van der Waals surface area contributed by atoms with E-state index in [1.807, 2.05) is 52.8 Å². The van der Waals surface area contributed by atoms with Gasteiger partial charge in [-0.25, -0.2) is 4.79 Å². The maximum absolute atomic E-state index is 14.2. The van der Waals surface area contributed by atoms with Gasteiger partial charge in [0.25, 0.3) is 0 Å². The van der Waals surface area contributed by atoms with Gasteiger partial charge >= 0.3 is 6.09 Å². The molecule has 9 heteroatoms. The van der Waals surface area contributed by atoms with E-state index in [9.17, 15) is 19.2 Å². The molecular weight excluding hydrogens is 496 g/mol. The van der Waals surface area contributed by atoms with Crippen molar-refractivity contribution in [1.29, 1.82) is 0 Å². The number of alkyl carbamates (subject to hydrolysis) is 1. The van der Waals surface area contributed by atoms with Crippen molar-refractivity contribution >= 4 is 23.8 Å². The Hall–Kier alpha value is -3.10. The van der Waals surface area contributed by atoms with Crippen LogP contribution in [0.3, 0.4) is 0 Å². The van der Waals surface area contributed by atoms with Crippen LogP contribution in [0, 0.1) is 13.8 Å². The maximum Gasteiger partial charge on any atom is 0.408 e. The molecule has 4 N–H and O–H groups in total. The molecule has 0 radical (unpaired) electrons. The van der Waals surface area contributed by atoms with Crippen molar-refractivity contribution in [3.63, 3.8) is 0 Å². The molecule has 0 bridgehead atoms. The van der Waals surface area contributed by atoms with Gasteiger partial charge in [-0.15, -0.1) is 0 Å². The Kier molecular flexibility index (Phi) is 13.0. The predicted molar refractivity (Wildman–Crippen MR) is 154 cm³/mol. The standard InChI is InChI=1S/C30H50N4O5/c1-10-11-12-13-18-34(27(37)23(16-17-24(31)35)32-28(38)39-30(7,8)9)25(26(36)33-29(4,5)6)22-19-20(2)14-15-21(22)3/h14-15,19,23,25H,10-13,16-18H2,1-9H3,(H2,31,35)(H,32,38)(H,33,36). The molecule has 9 nitrogen and oxygen atoms in total. The van der Waals surface area contributed by atoms with Crippen molar-refractivity contribution in [1.82, 2.24) is 15.5 Å². The van der Waals surface area contributed by atoms with Crippen LogP contribution in [0.2, 0.25) is 0 Å². The molecule has 0 aliphatic carbocycles. The second-order valence-corrected chi connectivity index (χ2v) is 12.3. The van der Waals surface area contributed by atoms with Gasteiger partial charge in [-0.3, -0.25) is 14.4 Å². The highest BCUT2D eigenvalue weighted by Gasteiger charge is 2.37. The van der Waals surface area contributed by atoms with Crippen molar-refractivity contribution in [3.05, 3.63) is 34.9 Å². The van der Waals surface area contributed by atoms with Crippen molar-refractivity contribution in [3.8, 4) is 0 Å². The summed E-state index contributed by atoms with van der Waals surface area (Å²) >= 11 is 0. The summed E-state index contributed by atoms with van der Waals surface area (Å²) in [6.45, 7) is 17.1. The van der Waals surface area contributed by atoms with Crippen LogP contribution in [0.15, 0.2) is 18.2 Å². The number of hydrogen-bond acceptors (Lipinski definition) is 5. The van der Waals surface area contributed by atoms with E-state index in [1.54, 1.807) is 25.7 Å². The van der Waals surface area contributed by atoms with Gasteiger partial charge in [0.2, 0.25) is 17.7 Å². The van der Waals surface area contributed by atoms with E-state index >= 15 is 0 Å². The molecule has 1 aromatic rings. The first-order chi connectivity index (χ1) is 17.9. The number of benzene rings is 1. The van der Waals surface area contributed by atoms with Gasteiger partial charge in [-0.1, -0.05) is 49.9 Å². The molecule has 0 aliphatic heterocycles. The normalized spacial score (nSPS) is 13.3. The number of ether oxygens (including phenoxy) is 1. The summed E-state index contributed by atoms with van der Waals surface area (Å²) in [6, 6.07) is 3.79. The summed E-state index contributed by atoms with van der Waals surface area (Å²) in [5.41, 5.74) is 6.62. The largest absolute Gasteiger partial charge is 0.444 e. The molecule has 1 aromatic carbocycles. The maximum atomic E-state index is 14.2. The molecule has 0 aliphatic rings. The molecule has 0 spiro atoms. The topological polar surface area (TPSA) is 131 Å². The number of carbonyl (C=O) groups excluding carboxylic acids is 4. The van der Waals surface area contributed by atoms with Crippen LogP contribution in [-0.2, 0) is 19.1 Å². The lowest BCUT2D eigenvalue weighted by Gasteiger charge is -2.36. The zero-order valence-electron chi connectivity index (χ0n) is 25.4. The Labute approximate surface area is 234 Å². The van der Waals surface area contributed by atoms with Crippen LogP contribution >= 0.6 is 0 Å². The smallest absolute Gasteiger partial charge is 0.408 e. The van der Waals surface area contributed by atoms with E-state index in [4.69, 9.17) is 10.5 Å². The highest BCUT2D eigenvalue weighted by Crippen LogP contribution is 2.28. The number of aryl methyl sites for hydroxylation is 2. The fourth-order valence-corrected chi connectivity index (χ4v) is 4.21. The van der Waals surface area contributed by atoms with Gasteiger partial charge in [0, 0.05) is 18.5 Å². The molecule has 0 saturated carbocycles. The van der Waals surface area contributed by atoms with E-state index in [0.29, 0.717) is 18.5 Å². The lowest BCUT2D eigenvalue weighted by molar-refractivity contribution is -0.143. The molecule has 220 valence electrons. The first-order valence-electron chi connectivity index (χ1n) is 13.9. The number of carbonyl (C=O) groups is 4. The molecule has 2 unspecified atom stereocenters. The number of primary amides is 1. The molecule has 4 amide bonds. The lowest BCUT2D eigenvalue weighted by atomic mass is 9.94. The minimum Gasteiger partial charge on any atom is -0.444 e. The third-order valence-corrected chi connectivity index (χ3v) is 5.99. The quantitative estimate of drug-likeness (QED) is 0.305. The summed E-state index contributed by atoms with van der Waals surface area (Å²) in [6.07, 6.45) is 2.66. The van der Waals surface area contributed by atoms with Gasteiger partial charge in [0.05, 0.1) is 0 Å². The highest BCUT2D eigenvalue weighted by molar-refractivity contribution is 5.93. The molecule has 0 aromatic heterocycles. The van der Waals surface area contributed by atoms with Crippen molar-refractivity contribution < 1.29 is 23.9 Å². The zero-order valence-corrected chi connectivity index (χ0v) is 25.4. The predicted octanol–water partition coefficient (Wildman–Crippen LogP) is 4.83. The summed E-state index contributed by atoms with van der Waals surface area (Å²) in [5, 5.41) is 5.68. The van der Waals surface area contributed by atoms with E-state index in [-0.39, 0.29) is 18.7 Å². The van der Waals surface area contributed by atoms with E-state index in [0.717, 1.165) is 30.4 Å². The Balaban J connectivity index is 3.62. The van der Waals surface area contributed by atoms with Gasteiger partial charge in [-0.05, 0) is 79.4 Å². The summed E-state index contributed by atoms with van der Waals surface area (Å²) in [4.78, 5) is 54.0. The fraction of sp³-hybridized carbons (Fsp3) is 0.667. The van der Waals surface area contributed by atoms with Gasteiger partial charge < -0.3 is 26.0 Å². The van der Waals surface area contributed by atoms with Crippen molar-refractivity contribution in [2.24, 2.45) is 5.73 Å². The average Bonchev–Trinajstić information content (AvgIpc) is 2.77. The summed E-state index contributed by atoms with van der Waals surface area (Å²) < 4.78 is 5.40. The molecular formula is C30H50N4O5. The molecule has 0 saturated heterocycles.